The molecule has 24 heavy (non-hydrogen) atoms. The topological polar surface area (TPSA) is 53.4 Å². The molecule has 0 spiro atoms. The van der Waals surface area contributed by atoms with Crippen molar-refractivity contribution >= 4 is 29.0 Å². The third kappa shape index (κ3) is 4.59. The van der Waals surface area contributed by atoms with Gasteiger partial charge in [-0.3, -0.25) is 4.79 Å². The quantitative estimate of drug-likeness (QED) is 0.756. The Kier molecular flexibility index (Phi) is 6.83. The van der Waals surface area contributed by atoms with Crippen molar-refractivity contribution in [2.45, 2.75) is 38.1 Å². The number of nitrogens with zero attached hydrogens (tertiary/aromatic N) is 2. The molecule has 0 aliphatic carbocycles. The Labute approximate surface area is 151 Å². The second-order valence-electron chi connectivity index (χ2n) is 5.92. The van der Waals surface area contributed by atoms with E-state index >= 15 is 0 Å². The molecular weight excluding hydrogens is 340 g/mol. The fourth-order valence-corrected chi connectivity index (χ4v) is 3.78. The van der Waals surface area contributed by atoms with Crippen LogP contribution in [-0.2, 0) is 6.54 Å². The van der Waals surface area contributed by atoms with E-state index in [1.165, 1.54) is 16.2 Å². The van der Waals surface area contributed by atoms with Crippen LogP contribution in [0.5, 0.6) is 0 Å². The molecule has 0 radical (unpaired) electrons. The van der Waals surface area contributed by atoms with Crippen LogP contribution in [0.3, 0.4) is 0 Å². The third-order valence-electron chi connectivity index (χ3n) is 3.69. The fourth-order valence-electron chi connectivity index (χ4n) is 2.33. The maximum Gasteiger partial charge on any atom is 0.266 e. The highest BCUT2D eigenvalue weighted by atomic mass is 32.2. The number of aromatic nitrogens is 1. The van der Waals surface area contributed by atoms with Crippen LogP contribution in [0.2, 0.25) is 0 Å². The highest BCUT2D eigenvalue weighted by molar-refractivity contribution is 7.98. The van der Waals surface area contributed by atoms with E-state index in [4.69, 9.17) is 0 Å². The summed E-state index contributed by atoms with van der Waals surface area (Å²) in [6.45, 7) is 6.78. The van der Waals surface area contributed by atoms with Gasteiger partial charge in [-0.2, -0.15) is 0 Å². The minimum absolute atomic E-state index is 0.0521. The van der Waals surface area contributed by atoms with Crippen molar-refractivity contribution in [2.75, 3.05) is 19.4 Å². The predicted octanol–water partition coefficient (Wildman–Crippen LogP) is 3.93. The van der Waals surface area contributed by atoms with Crippen LogP contribution in [0.15, 0.2) is 29.2 Å². The molecule has 130 valence electrons. The number of amides is 1. The Hall–Kier alpha value is -1.37. The van der Waals surface area contributed by atoms with Gasteiger partial charge in [-0.25, -0.2) is 4.98 Å². The molecule has 0 saturated carbocycles. The molecule has 0 unspecified atom stereocenters. The van der Waals surface area contributed by atoms with E-state index < -0.39 is 0 Å². The normalized spacial score (nSPS) is 11.1. The summed E-state index contributed by atoms with van der Waals surface area (Å²) in [5, 5.41) is 10.3. The van der Waals surface area contributed by atoms with Crippen LogP contribution in [0.25, 0.3) is 0 Å². The van der Waals surface area contributed by atoms with Crippen molar-refractivity contribution in [3.05, 3.63) is 45.4 Å². The molecule has 0 atom stereocenters. The van der Waals surface area contributed by atoms with E-state index in [1.54, 1.807) is 16.7 Å². The average Bonchev–Trinajstić information content (AvgIpc) is 2.96. The Balaban J connectivity index is 2.20. The van der Waals surface area contributed by atoms with Gasteiger partial charge in [0, 0.05) is 23.9 Å². The van der Waals surface area contributed by atoms with Crippen LogP contribution in [-0.4, -0.2) is 40.3 Å². The molecule has 2 aromatic rings. The number of hydrogen-bond acceptors (Lipinski definition) is 5. The number of aryl methyl sites for hydroxylation is 1. The van der Waals surface area contributed by atoms with E-state index in [0.717, 1.165) is 16.3 Å². The van der Waals surface area contributed by atoms with Gasteiger partial charge in [0.1, 0.15) is 4.88 Å². The fraction of sp³-hybridized carbons (Fsp3) is 0.444. The monoisotopic (exact) mass is 364 g/mol. The lowest BCUT2D eigenvalue weighted by atomic mass is 10.2. The number of thiazole rings is 1. The van der Waals surface area contributed by atoms with Gasteiger partial charge in [-0.1, -0.05) is 26.0 Å². The zero-order valence-corrected chi connectivity index (χ0v) is 16.2. The zero-order chi connectivity index (χ0) is 17.7. The van der Waals surface area contributed by atoms with Gasteiger partial charge >= 0.3 is 0 Å². The number of aliphatic hydroxyl groups is 1. The maximum absolute atomic E-state index is 12.9. The van der Waals surface area contributed by atoms with Crippen LogP contribution in [0.4, 0.5) is 0 Å². The van der Waals surface area contributed by atoms with Gasteiger partial charge in [-0.15, -0.1) is 23.1 Å². The Morgan fingerprint density at radius 3 is 2.50 bits per heavy atom. The lowest BCUT2D eigenvalue weighted by Crippen LogP contribution is -2.33. The summed E-state index contributed by atoms with van der Waals surface area (Å²) in [4.78, 5) is 21.0. The Morgan fingerprint density at radius 2 is 2.00 bits per heavy atom. The summed E-state index contributed by atoms with van der Waals surface area (Å²) in [6.07, 6.45) is 2.04. The molecule has 4 nitrogen and oxygen atoms in total. The molecule has 2 rings (SSSR count). The third-order valence-corrected chi connectivity index (χ3v) is 5.88. The Morgan fingerprint density at radius 1 is 1.33 bits per heavy atom. The second kappa shape index (κ2) is 8.65. The first-order valence-corrected chi connectivity index (χ1v) is 10.0. The summed E-state index contributed by atoms with van der Waals surface area (Å²) < 4.78 is 0. The molecule has 1 heterocycles. The minimum atomic E-state index is -0.0557. The summed E-state index contributed by atoms with van der Waals surface area (Å²) >= 11 is 3.15. The highest BCUT2D eigenvalue weighted by Gasteiger charge is 2.22. The maximum atomic E-state index is 12.9. The zero-order valence-electron chi connectivity index (χ0n) is 14.6. The van der Waals surface area contributed by atoms with Crippen LogP contribution < -0.4 is 0 Å². The Bertz CT molecular complexity index is 681. The van der Waals surface area contributed by atoms with Gasteiger partial charge < -0.3 is 10.0 Å². The first-order valence-electron chi connectivity index (χ1n) is 7.96. The molecule has 1 amide bonds. The average molecular weight is 365 g/mol. The number of benzene rings is 1. The number of carbonyl (C=O) groups is 1. The lowest BCUT2D eigenvalue weighted by Gasteiger charge is -2.21. The first-order chi connectivity index (χ1) is 11.5. The van der Waals surface area contributed by atoms with Crippen LogP contribution >= 0.6 is 23.1 Å². The van der Waals surface area contributed by atoms with E-state index in [-0.39, 0.29) is 12.5 Å². The molecule has 1 aromatic carbocycles. The number of thioether (sulfide) groups is 1. The molecule has 1 aromatic heterocycles. The molecule has 0 bridgehead atoms. The van der Waals surface area contributed by atoms with Crippen molar-refractivity contribution in [2.24, 2.45) is 0 Å². The summed E-state index contributed by atoms with van der Waals surface area (Å²) in [6, 6.07) is 8.16. The number of hydrogen-bond donors (Lipinski definition) is 1. The van der Waals surface area contributed by atoms with E-state index in [2.05, 4.69) is 31.0 Å². The molecule has 0 fully saturated rings. The van der Waals surface area contributed by atoms with Gasteiger partial charge in [0.05, 0.1) is 17.3 Å². The minimum Gasteiger partial charge on any atom is -0.395 e. The van der Waals surface area contributed by atoms with Crippen molar-refractivity contribution in [3.63, 3.8) is 0 Å². The summed E-state index contributed by atoms with van der Waals surface area (Å²) in [5.74, 6) is 0.250. The van der Waals surface area contributed by atoms with Gasteiger partial charge in [0.15, 0.2) is 0 Å². The SMILES string of the molecule is CSc1ccc(CN(CCO)C(=O)c2sc(C(C)C)nc2C)cc1. The van der Waals surface area contributed by atoms with Crippen molar-refractivity contribution in [1.82, 2.24) is 9.88 Å². The smallest absolute Gasteiger partial charge is 0.266 e. The van der Waals surface area contributed by atoms with Gasteiger partial charge in [-0.05, 0) is 30.9 Å². The van der Waals surface area contributed by atoms with E-state index in [1.807, 2.05) is 25.3 Å². The number of aliphatic hydroxyl groups excluding tert-OH is 1. The van der Waals surface area contributed by atoms with E-state index in [9.17, 15) is 9.90 Å². The predicted molar refractivity (Wildman–Crippen MR) is 101 cm³/mol. The molecular formula is C18H24N2O2S2. The molecule has 6 heteroatoms. The first kappa shape index (κ1) is 19.0. The van der Waals surface area contributed by atoms with Crippen LogP contribution in [0.1, 0.15) is 45.7 Å². The molecule has 0 saturated heterocycles. The van der Waals surface area contributed by atoms with Crippen molar-refractivity contribution in [1.29, 1.82) is 0 Å². The molecule has 0 aliphatic heterocycles. The van der Waals surface area contributed by atoms with Gasteiger partial charge in [0.2, 0.25) is 0 Å². The summed E-state index contributed by atoms with van der Waals surface area (Å²) in [5.41, 5.74) is 1.83. The largest absolute Gasteiger partial charge is 0.395 e. The number of carbonyl (C=O) groups excluding carboxylic acids is 1. The highest BCUT2D eigenvalue weighted by Crippen LogP contribution is 2.26. The number of rotatable bonds is 7. The van der Waals surface area contributed by atoms with Crippen molar-refractivity contribution < 1.29 is 9.90 Å². The second-order valence-corrected chi connectivity index (χ2v) is 7.83. The van der Waals surface area contributed by atoms with Crippen LogP contribution in [0, 0.1) is 6.92 Å². The van der Waals surface area contributed by atoms with E-state index in [0.29, 0.717) is 23.9 Å². The molecule has 0 aliphatic rings. The van der Waals surface area contributed by atoms with Crippen molar-refractivity contribution in [3.8, 4) is 0 Å². The molecule has 1 N–H and O–H groups in total. The lowest BCUT2D eigenvalue weighted by molar-refractivity contribution is 0.0711. The van der Waals surface area contributed by atoms with Gasteiger partial charge in [0.25, 0.3) is 5.91 Å². The standard InChI is InChI=1S/C18H24N2O2S2/c1-12(2)17-19-13(3)16(24-17)18(22)20(9-10-21)11-14-5-7-15(23-4)8-6-14/h5-8,12,21H,9-11H2,1-4H3. The summed E-state index contributed by atoms with van der Waals surface area (Å²) in [7, 11) is 0.